The Morgan fingerprint density at radius 2 is 1.58 bits per heavy atom. The molecule has 0 saturated heterocycles. The van der Waals surface area contributed by atoms with Crippen LogP contribution in [0.3, 0.4) is 0 Å². The maximum atomic E-state index is 10.8. The number of hydrogen-bond donors (Lipinski definition) is 1. The molecule has 2 atom stereocenters. The molecule has 24 heavy (non-hydrogen) atoms. The summed E-state index contributed by atoms with van der Waals surface area (Å²) in [5.41, 5.74) is 5.62. The minimum atomic E-state index is -0.517. The summed E-state index contributed by atoms with van der Waals surface area (Å²) in [4.78, 5) is 4.22. The molecule has 2 heteroatoms. The monoisotopic (exact) mass is 317 g/mol. The minimum absolute atomic E-state index is 0.163. The Morgan fingerprint density at radius 3 is 2.29 bits per heavy atom. The van der Waals surface area contributed by atoms with Gasteiger partial charge < -0.3 is 5.11 Å². The van der Waals surface area contributed by atoms with Crippen LogP contribution >= 0.6 is 0 Å². The van der Waals surface area contributed by atoms with Crippen LogP contribution < -0.4 is 0 Å². The maximum absolute atomic E-state index is 10.8. The van der Waals surface area contributed by atoms with Crippen LogP contribution in [0.5, 0.6) is 0 Å². The van der Waals surface area contributed by atoms with Crippen molar-refractivity contribution in [3.63, 3.8) is 0 Å². The standard InChI is InChI=1S/C22H23NO/c1-16-8-6-7-11-20(16)21(18-9-4-3-5-10-18)15-22(24)19-12-13-23-17(2)14-19/h3-14,21-22,24H,15H2,1-2H3/t21?,22-/m1/s1. The van der Waals surface area contributed by atoms with Gasteiger partial charge in [0.1, 0.15) is 0 Å². The Morgan fingerprint density at radius 1 is 0.875 bits per heavy atom. The topological polar surface area (TPSA) is 33.1 Å². The summed E-state index contributed by atoms with van der Waals surface area (Å²) in [5, 5.41) is 10.8. The van der Waals surface area contributed by atoms with E-state index >= 15 is 0 Å². The highest BCUT2D eigenvalue weighted by Crippen LogP contribution is 2.35. The fraction of sp³-hybridized carbons (Fsp3) is 0.227. The number of nitrogens with zero attached hydrogens (tertiary/aromatic N) is 1. The molecule has 2 nitrogen and oxygen atoms in total. The summed E-state index contributed by atoms with van der Waals surface area (Å²) in [6, 6.07) is 22.7. The predicted octanol–water partition coefficient (Wildman–Crippen LogP) is 4.95. The van der Waals surface area contributed by atoms with Crippen molar-refractivity contribution in [2.24, 2.45) is 0 Å². The van der Waals surface area contributed by atoms with E-state index in [0.717, 1.165) is 11.3 Å². The average Bonchev–Trinajstić information content (AvgIpc) is 2.61. The second kappa shape index (κ2) is 7.41. The van der Waals surface area contributed by atoms with E-state index in [9.17, 15) is 5.11 Å². The van der Waals surface area contributed by atoms with Crippen LogP contribution in [-0.2, 0) is 0 Å². The number of aromatic nitrogens is 1. The van der Waals surface area contributed by atoms with Crippen molar-refractivity contribution in [1.29, 1.82) is 0 Å². The first-order valence-corrected chi connectivity index (χ1v) is 8.36. The highest BCUT2D eigenvalue weighted by atomic mass is 16.3. The molecule has 0 aliphatic carbocycles. The Bertz CT molecular complexity index is 798. The molecule has 0 radical (unpaired) electrons. The van der Waals surface area contributed by atoms with Gasteiger partial charge in [-0.15, -0.1) is 0 Å². The second-order valence-electron chi connectivity index (χ2n) is 6.30. The summed E-state index contributed by atoms with van der Waals surface area (Å²) in [6.45, 7) is 4.08. The summed E-state index contributed by atoms with van der Waals surface area (Å²) >= 11 is 0. The number of aliphatic hydroxyl groups excluding tert-OH is 1. The van der Waals surface area contributed by atoms with Crippen molar-refractivity contribution >= 4 is 0 Å². The maximum Gasteiger partial charge on any atom is 0.0800 e. The van der Waals surface area contributed by atoms with E-state index in [1.165, 1.54) is 16.7 Å². The molecule has 122 valence electrons. The minimum Gasteiger partial charge on any atom is -0.388 e. The Hall–Kier alpha value is -2.45. The van der Waals surface area contributed by atoms with Gasteiger partial charge in [0.05, 0.1) is 6.10 Å². The molecule has 0 bridgehead atoms. The van der Waals surface area contributed by atoms with Gasteiger partial charge in [-0.05, 0) is 54.7 Å². The molecular formula is C22H23NO. The molecule has 0 aliphatic rings. The number of aliphatic hydroxyl groups is 1. The van der Waals surface area contributed by atoms with Gasteiger partial charge in [0.15, 0.2) is 0 Å². The lowest BCUT2D eigenvalue weighted by Crippen LogP contribution is -2.09. The molecule has 1 unspecified atom stereocenters. The number of rotatable bonds is 5. The molecular weight excluding hydrogens is 294 g/mol. The molecule has 1 aromatic heterocycles. The normalized spacial score (nSPS) is 13.5. The largest absolute Gasteiger partial charge is 0.388 e. The van der Waals surface area contributed by atoms with Crippen LogP contribution in [0.25, 0.3) is 0 Å². The third-order valence-corrected chi connectivity index (χ3v) is 4.53. The third kappa shape index (κ3) is 3.72. The Balaban J connectivity index is 1.95. The molecule has 2 aromatic carbocycles. The van der Waals surface area contributed by atoms with E-state index in [1.807, 2.05) is 25.1 Å². The summed E-state index contributed by atoms with van der Waals surface area (Å²) in [5.74, 6) is 0.163. The second-order valence-corrected chi connectivity index (χ2v) is 6.30. The molecule has 0 aliphatic heterocycles. The molecule has 0 spiro atoms. The highest BCUT2D eigenvalue weighted by Gasteiger charge is 2.21. The lowest BCUT2D eigenvalue weighted by molar-refractivity contribution is 0.161. The smallest absolute Gasteiger partial charge is 0.0800 e. The van der Waals surface area contributed by atoms with Crippen LogP contribution in [0.15, 0.2) is 72.9 Å². The first kappa shape index (κ1) is 16.4. The SMILES string of the molecule is Cc1cc([C@H](O)CC(c2ccccc2)c2ccccc2C)ccn1. The van der Waals surface area contributed by atoms with E-state index in [0.29, 0.717) is 6.42 Å². The van der Waals surface area contributed by atoms with Gasteiger partial charge >= 0.3 is 0 Å². The molecule has 1 N–H and O–H groups in total. The van der Waals surface area contributed by atoms with Crippen molar-refractivity contribution in [2.45, 2.75) is 32.3 Å². The number of aryl methyl sites for hydroxylation is 2. The first-order valence-electron chi connectivity index (χ1n) is 8.36. The third-order valence-electron chi connectivity index (χ3n) is 4.53. The van der Waals surface area contributed by atoms with Crippen LogP contribution in [0.4, 0.5) is 0 Å². The first-order chi connectivity index (χ1) is 11.6. The van der Waals surface area contributed by atoms with Gasteiger partial charge in [-0.25, -0.2) is 0 Å². The zero-order valence-corrected chi connectivity index (χ0v) is 14.2. The zero-order valence-electron chi connectivity index (χ0n) is 14.2. The number of hydrogen-bond acceptors (Lipinski definition) is 2. The van der Waals surface area contributed by atoms with Crippen molar-refractivity contribution in [3.8, 4) is 0 Å². The van der Waals surface area contributed by atoms with Gasteiger partial charge in [0, 0.05) is 17.8 Å². The van der Waals surface area contributed by atoms with E-state index in [2.05, 4.69) is 60.4 Å². The van der Waals surface area contributed by atoms with Gasteiger partial charge in [0.2, 0.25) is 0 Å². The highest BCUT2D eigenvalue weighted by molar-refractivity contribution is 5.38. The van der Waals surface area contributed by atoms with E-state index in [-0.39, 0.29) is 5.92 Å². The summed E-state index contributed by atoms with van der Waals surface area (Å²) in [6.07, 6.45) is 1.90. The molecule has 3 aromatic rings. The lowest BCUT2D eigenvalue weighted by Gasteiger charge is -2.23. The molecule has 0 amide bonds. The predicted molar refractivity (Wildman–Crippen MR) is 98.0 cm³/mol. The van der Waals surface area contributed by atoms with Gasteiger partial charge in [-0.2, -0.15) is 0 Å². The fourth-order valence-electron chi connectivity index (χ4n) is 3.24. The number of benzene rings is 2. The van der Waals surface area contributed by atoms with Gasteiger partial charge in [-0.3, -0.25) is 4.98 Å². The van der Waals surface area contributed by atoms with Crippen molar-refractivity contribution in [1.82, 2.24) is 4.98 Å². The van der Waals surface area contributed by atoms with Gasteiger partial charge in [-0.1, -0.05) is 54.6 Å². The van der Waals surface area contributed by atoms with Crippen LogP contribution in [-0.4, -0.2) is 10.1 Å². The fourth-order valence-corrected chi connectivity index (χ4v) is 3.24. The zero-order chi connectivity index (χ0) is 16.9. The lowest BCUT2D eigenvalue weighted by atomic mass is 9.83. The Labute approximate surface area is 143 Å². The summed E-state index contributed by atoms with van der Waals surface area (Å²) < 4.78 is 0. The summed E-state index contributed by atoms with van der Waals surface area (Å²) in [7, 11) is 0. The molecule has 1 heterocycles. The van der Waals surface area contributed by atoms with Crippen LogP contribution in [0.2, 0.25) is 0 Å². The van der Waals surface area contributed by atoms with E-state index in [4.69, 9.17) is 0 Å². The van der Waals surface area contributed by atoms with Crippen molar-refractivity contribution in [2.75, 3.05) is 0 Å². The molecule has 3 rings (SSSR count). The molecule has 0 saturated carbocycles. The van der Waals surface area contributed by atoms with Crippen LogP contribution in [0, 0.1) is 13.8 Å². The van der Waals surface area contributed by atoms with Crippen molar-refractivity contribution < 1.29 is 5.11 Å². The quantitative estimate of drug-likeness (QED) is 0.722. The van der Waals surface area contributed by atoms with E-state index < -0.39 is 6.10 Å². The van der Waals surface area contributed by atoms with Crippen LogP contribution in [0.1, 0.15) is 46.4 Å². The van der Waals surface area contributed by atoms with Gasteiger partial charge in [0.25, 0.3) is 0 Å². The number of pyridine rings is 1. The van der Waals surface area contributed by atoms with Crippen molar-refractivity contribution in [3.05, 3.63) is 101 Å². The Kier molecular flexibility index (Phi) is 5.07. The van der Waals surface area contributed by atoms with E-state index in [1.54, 1.807) is 6.20 Å². The molecule has 0 fully saturated rings. The average molecular weight is 317 g/mol.